The predicted octanol–water partition coefficient (Wildman–Crippen LogP) is 5.51. The molecule has 0 aliphatic rings. The average Bonchev–Trinajstić information content (AvgIpc) is 2.82. The van der Waals surface area contributed by atoms with Crippen LogP contribution in [-0.2, 0) is 11.3 Å². The van der Waals surface area contributed by atoms with E-state index >= 15 is 0 Å². The second kappa shape index (κ2) is 6.15. The van der Waals surface area contributed by atoms with Gasteiger partial charge >= 0.3 is 5.97 Å². The number of ether oxygens (including phenoxy) is 1. The minimum atomic E-state index is -0.482. The van der Waals surface area contributed by atoms with Gasteiger partial charge in [0.15, 0.2) is 0 Å². The Morgan fingerprint density at radius 2 is 2.09 bits per heavy atom. The van der Waals surface area contributed by atoms with Gasteiger partial charge in [-0.15, -0.1) is 0 Å². The molecule has 0 radical (unpaired) electrons. The van der Waals surface area contributed by atoms with Crippen molar-refractivity contribution in [3.05, 3.63) is 68.8 Å². The third kappa shape index (κ3) is 3.03. The molecule has 3 nitrogen and oxygen atoms in total. The number of aryl methyl sites for hydroxylation is 1. The molecule has 0 N–H and O–H groups in total. The summed E-state index contributed by atoms with van der Waals surface area (Å²) in [6, 6.07) is 12.8. The van der Waals surface area contributed by atoms with E-state index in [0.29, 0.717) is 10.6 Å². The van der Waals surface area contributed by atoms with Crippen molar-refractivity contribution < 1.29 is 13.9 Å². The highest BCUT2D eigenvalue weighted by atomic mass is 79.9. The zero-order valence-corrected chi connectivity index (χ0v) is 14.1. The monoisotopic (exact) mass is 378 g/mol. The third-order valence-electron chi connectivity index (χ3n) is 3.34. The Morgan fingerprint density at radius 1 is 1.27 bits per heavy atom. The molecule has 0 saturated heterocycles. The van der Waals surface area contributed by atoms with Crippen LogP contribution in [0.4, 0.5) is 0 Å². The highest BCUT2D eigenvalue weighted by molar-refractivity contribution is 9.10. The molecule has 0 bridgehead atoms. The van der Waals surface area contributed by atoms with Crippen LogP contribution < -0.4 is 0 Å². The van der Waals surface area contributed by atoms with Gasteiger partial charge in [-0.2, -0.15) is 0 Å². The van der Waals surface area contributed by atoms with Gasteiger partial charge in [0.1, 0.15) is 12.2 Å². The van der Waals surface area contributed by atoms with Gasteiger partial charge in [-0.05, 0) is 42.8 Å². The maximum Gasteiger partial charge on any atom is 0.374 e. The van der Waals surface area contributed by atoms with Crippen molar-refractivity contribution >= 4 is 44.5 Å². The molecule has 5 heteroatoms. The zero-order valence-electron chi connectivity index (χ0n) is 11.7. The Labute approximate surface area is 141 Å². The third-order valence-corrected chi connectivity index (χ3v) is 4.07. The van der Waals surface area contributed by atoms with Crippen molar-refractivity contribution in [2.75, 3.05) is 0 Å². The first kappa shape index (κ1) is 15.1. The van der Waals surface area contributed by atoms with Crippen LogP contribution in [0.3, 0.4) is 0 Å². The van der Waals surface area contributed by atoms with E-state index in [1.807, 2.05) is 37.3 Å². The molecule has 3 rings (SSSR count). The van der Waals surface area contributed by atoms with E-state index in [-0.39, 0.29) is 12.4 Å². The van der Waals surface area contributed by atoms with Crippen molar-refractivity contribution in [2.45, 2.75) is 13.5 Å². The summed E-state index contributed by atoms with van der Waals surface area (Å²) in [4.78, 5) is 12.2. The molecule has 1 heterocycles. The van der Waals surface area contributed by atoms with Crippen molar-refractivity contribution in [3.8, 4) is 0 Å². The topological polar surface area (TPSA) is 39.4 Å². The Morgan fingerprint density at radius 3 is 2.86 bits per heavy atom. The number of fused-ring (bicyclic) bond motifs is 1. The summed E-state index contributed by atoms with van der Waals surface area (Å²) >= 11 is 9.32. The van der Waals surface area contributed by atoms with E-state index in [9.17, 15) is 4.79 Å². The number of halogens is 2. The van der Waals surface area contributed by atoms with E-state index in [2.05, 4.69) is 15.9 Å². The molecule has 0 spiro atoms. The van der Waals surface area contributed by atoms with Crippen molar-refractivity contribution in [3.63, 3.8) is 0 Å². The fraction of sp³-hybridized carbons (Fsp3) is 0.118. The lowest BCUT2D eigenvalue weighted by atomic mass is 10.1. The number of esters is 1. The fourth-order valence-electron chi connectivity index (χ4n) is 2.23. The second-order valence-corrected chi connectivity index (χ2v) is 6.25. The normalized spacial score (nSPS) is 10.9. The Balaban J connectivity index is 1.82. The Kier molecular flexibility index (Phi) is 4.23. The lowest BCUT2D eigenvalue weighted by Crippen LogP contribution is -2.05. The van der Waals surface area contributed by atoms with Crippen molar-refractivity contribution in [1.29, 1.82) is 0 Å². The quantitative estimate of drug-likeness (QED) is 0.563. The largest absolute Gasteiger partial charge is 0.455 e. The molecular formula is C17H12BrClO3. The van der Waals surface area contributed by atoms with Crippen LogP contribution in [0.1, 0.15) is 21.7 Å². The number of furan rings is 1. The number of benzene rings is 2. The second-order valence-electron chi connectivity index (χ2n) is 4.90. The first-order chi connectivity index (χ1) is 10.5. The molecule has 0 fully saturated rings. The molecule has 0 amide bonds. The fourth-order valence-corrected chi connectivity index (χ4v) is 2.80. The van der Waals surface area contributed by atoms with E-state index in [1.54, 1.807) is 12.1 Å². The van der Waals surface area contributed by atoms with Crippen molar-refractivity contribution in [1.82, 2.24) is 0 Å². The van der Waals surface area contributed by atoms with Gasteiger partial charge in [0.05, 0.1) is 0 Å². The molecule has 0 aliphatic carbocycles. The van der Waals surface area contributed by atoms with Gasteiger partial charge in [0.25, 0.3) is 0 Å². The summed E-state index contributed by atoms with van der Waals surface area (Å²) in [5, 5.41) is 1.50. The van der Waals surface area contributed by atoms with Crippen LogP contribution in [0, 0.1) is 6.92 Å². The summed E-state index contributed by atoms with van der Waals surface area (Å²) in [6.45, 7) is 1.99. The summed E-state index contributed by atoms with van der Waals surface area (Å²) in [5.41, 5.74) is 2.26. The van der Waals surface area contributed by atoms with Crippen LogP contribution in [0.2, 0.25) is 5.02 Å². The van der Waals surface area contributed by atoms with Gasteiger partial charge in [0.2, 0.25) is 5.76 Å². The highest BCUT2D eigenvalue weighted by Gasteiger charge is 2.19. The predicted molar refractivity (Wildman–Crippen MR) is 89.2 cm³/mol. The first-order valence-electron chi connectivity index (χ1n) is 6.65. The van der Waals surface area contributed by atoms with Gasteiger partial charge in [-0.1, -0.05) is 39.7 Å². The smallest absolute Gasteiger partial charge is 0.374 e. The first-order valence-corrected chi connectivity index (χ1v) is 7.82. The van der Waals surface area contributed by atoms with E-state index in [1.165, 1.54) is 0 Å². The number of hydrogen-bond acceptors (Lipinski definition) is 3. The summed E-state index contributed by atoms with van der Waals surface area (Å²) in [5.74, 6) is -0.250. The molecule has 0 saturated carbocycles. The van der Waals surface area contributed by atoms with E-state index < -0.39 is 5.97 Å². The van der Waals surface area contributed by atoms with Crippen molar-refractivity contribution in [2.24, 2.45) is 0 Å². The summed E-state index contributed by atoms with van der Waals surface area (Å²) in [6.07, 6.45) is 0. The molecule has 0 aliphatic heterocycles. The van der Waals surface area contributed by atoms with Gasteiger partial charge < -0.3 is 9.15 Å². The summed E-state index contributed by atoms with van der Waals surface area (Å²) in [7, 11) is 0. The molecule has 22 heavy (non-hydrogen) atoms. The number of rotatable bonds is 3. The van der Waals surface area contributed by atoms with Gasteiger partial charge in [-0.3, -0.25) is 0 Å². The maximum absolute atomic E-state index is 12.2. The van der Waals surface area contributed by atoms with Crippen LogP contribution in [0.25, 0.3) is 11.0 Å². The highest BCUT2D eigenvalue weighted by Crippen LogP contribution is 2.28. The summed E-state index contributed by atoms with van der Waals surface area (Å²) < 4.78 is 11.8. The van der Waals surface area contributed by atoms with Gasteiger partial charge in [-0.25, -0.2) is 4.79 Å². The number of carbonyl (C=O) groups is 1. The van der Waals surface area contributed by atoms with Crippen LogP contribution in [-0.4, -0.2) is 5.97 Å². The minimum Gasteiger partial charge on any atom is -0.455 e. The minimum absolute atomic E-state index is 0.152. The standard InChI is InChI=1S/C17H12BrClO3/c1-10-14-8-12(18)5-6-15(14)22-16(10)17(20)21-9-11-3-2-4-13(19)7-11/h2-8H,9H2,1H3. The molecule has 0 atom stereocenters. The zero-order chi connectivity index (χ0) is 15.7. The lowest BCUT2D eigenvalue weighted by Gasteiger charge is -2.04. The SMILES string of the molecule is Cc1c(C(=O)OCc2cccc(Cl)c2)oc2ccc(Br)cc12. The molecular weight excluding hydrogens is 368 g/mol. The van der Waals surface area contributed by atoms with E-state index in [4.69, 9.17) is 20.8 Å². The molecule has 3 aromatic rings. The molecule has 112 valence electrons. The van der Waals surface area contributed by atoms with Crippen LogP contribution >= 0.6 is 27.5 Å². The maximum atomic E-state index is 12.2. The lowest BCUT2D eigenvalue weighted by molar-refractivity contribution is 0.0437. The van der Waals surface area contributed by atoms with Gasteiger partial charge in [0, 0.05) is 20.4 Å². The van der Waals surface area contributed by atoms with Crippen LogP contribution in [0.5, 0.6) is 0 Å². The Hall–Kier alpha value is -1.78. The van der Waals surface area contributed by atoms with Crippen LogP contribution in [0.15, 0.2) is 51.4 Å². The Bertz CT molecular complexity index is 854. The number of hydrogen-bond donors (Lipinski definition) is 0. The molecule has 0 unspecified atom stereocenters. The number of carbonyl (C=O) groups excluding carboxylic acids is 1. The molecule has 1 aromatic heterocycles. The van der Waals surface area contributed by atoms with E-state index in [0.717, 1.165) is 21.0 Å². The average molecular weight is 380 g/mol. The molecule has 2 aromatic carbocycles.